The van der Waals surface area contributed by atoms with Gasteiger partial charge in [0, 0.05) is 5.56 Å². The van der Waals surface area contributed by atoms with Gasteiger partial charge in [0.15, 0.2) is 0 Å². The summed E-state index contributed by atoms with van der Waals surface area (Å²) < 4.78 is 0. The van der Waals surface area contributed by atoms with E-state index in [0.29, 0.717) is 16.6 Å². The Labute approximate surface area is 104 Å². The van der Waals surface area contributed by atoms with E-state index in [1.54, 1.807) is 39.0 Å². The van der Waals surface area contributed by atoms with Gasteiger partial charge in [-0.25, -0.2) is 0 Å². The SMILES string of the molecule is CC(O)C(C)(C)NC(=O)c1ccc2n[nH]nc2c1. The molecule has 0 fully saturated rings. The number of benzene rings is 1. The van der Waals surface area contributed by atoms with Gasteiger partial charge in [-0.15, -0.1) is 0 Å². The van der Waals surface area contributed by atoms with Crippen molar-refractivity contribution in [2.75, 3.05) is 0 Å². The lowest BCUT2D eigenvalue weighted by Gasteiger charge is -2.29. The van der Waals surface area contributed by atoms with Gasteiger partial charge in [0.2, 0.25) is 0 Å². The maximum Gasteiger partial charge on any atom is 0.251 e. The molecule has 1 heterocycles. The Morgan fingerprint density at radius 1 is 1.39 bits per heavy atom. The number of hydrogen-bond acceptors (Lipinski definition) is 4. The van der Waals surface area contributed by atoms with Crippen molar-refractivity contribution >= 4 is 16.9 Å². The average molecular weight is 248 g/mol. The monoisotopic (exact) mass is 248 g/mol. The molecule has 1 unspecified atom stereocenters. The van der Waals surface area contributed by atoms with Crippen LogP contribution < -0.4 is 5.32 Å². The van der Waals surface area contributed by atoms with Crippen LogP contribution in [0.1, 0.15) is 31.1 Å². The minimum atomic E-state index is -0.685. The summed E-state index contributed by atoms with van der Waals surface area (Å²) in [5.74, 6) is -0.245. The van der Waals surface area contributed by atoms with Gasteiger partial charge in [-0.3, -0.25) is 4.79 Å². The van der Waals surface area contributed by atoms with Crippen LogP contribution in [0.15, 0.2) is 18.2 Å². The second-order valence-electron chi connectivity index (χ2n) is 4.88. The summed E-state index contributed by atoms with van der Waals surface area (Å²) in [6, 6.07) is 5.06. The third-order valence-electron chi connectivity index (χ3n) is 3.06. The van der Waals surface area contributed by atoms with Crippen LogP contribution in [0.25, 0.3) is 11.0 Å². The highest BCUT2D eigenvalue weighted by molar-refractivity contribution is 5.97. The zero-order chi connectivity index (χ0) is 13.3. The largest absolute Gasteiger partial charge is 0.391 e. The van der Waals surface area contributed by atoms with Gasteiger partial charge in [0.25, 0.3) is 5.91 Å². The molecule has 0 saturated carbocycles. The van der Waals surface area contributed by atoms with Gasteiger partial charge >= 0.3 is 0 Å². The quantitative estimate of drug-likeness (QED) is 0.751. The number of fused-ring (bicyclic) bond motifs is 1. The molecule has 96 valence electrons. The number of hydrogen-bond donors (Lipinski definition) is 3. The fourth-order valence-corrected chi connectivity index (χ4v) is 1.45. The Kier molecular flexibility index (Phi) is 3.04. The summed E-state index contributed by atoms with van der Waals surface area (Å²) in [6.45, 7) is 5.18. The van der Waals surface area contributed by atoms with Crippen LogP contribution in [0.4, 0.5) is 0 Å². The molecule has 6 heteroatoms. The first-order valence-corrected chi connectivity index (χ1v) is 5.71. The third kappa shape index (κ3) is 2.33. The maximum atomic E-state index is 12.0. The van der Waals surface area contributed by atoms with Crippen molar-refractivity contribution in [3.63, 3.8) is 0 Å². The van der Waals surface area contributed by atoms with E-state index in [4.69, 9.17) is 0 Å². The van der Waals surface area contributed by atoms with Gasteiger partial charge in [-0.1, -0.05) is 0 Å². The number of carbonyl (C=O) groups is 1. The van der Waals surface area contributed by atoms with E-state index in [1.807, 2.05) is 0 Å². The number of amides is 1. The van der Waals surface area contributed by atoms with E-state index in [1.165, 1.54) is 0 Å². The summed E-state index contributed by atoms with van der Waals surface area (Å²) >= 11 is 0. The van der Waals surface area contributed by atoms with Crippen molar-refractivity contribution in [1.82, 2.24) is 20.7 Å². The zero-order valence-corrected chi connectivity index (χ0v) is 10.6. The number of aromatic amines is 1. The lowest BCUT2D eigenvalue weighted by molar-refractivity contribution is 0.0709. The molecule has 3 N–H and O–H groups in total. The molecule has 0 radical (unpaired) electrons. The van der Waals surface area contributed by atoms with Crippen LogP contribution in [0.5, 0.6) is 0 Å². The normalized spacial score (nSPS) is 13.6. The van der Waals surface area contributed by atoms with Crippen molar-refractivity contribution in [2.45, 2.75) is 32.4 Å². The van der Waals surface area contributed by atoms with E-state index in [9.17, 15) is 9.90 Å². The first-order valence-electron chi connectivity index (χ1n) is 5.71. The van der Waals surface area contributed by atoms with Crippen LogP contribution >= 0.6 is 0 Å². The molecule has 2 rings (SSSR count). The molecule has 1 aromatic heterocycles. The van der Waals surface area contributed by atoms with Crippen molar-refractivity contribution in [2.24, 2.45) is 0 Å². The van der Waals surface area contributed by atoms with E-state index in [0.717, 1.165) is 0 Å². The van der Waals surface area contributed by atoms with Gasteiger partial charge in [-0.05, 0) is 39.0 Å². The average Bonchev–Trinajstić information content (AvgIpc) is 2.74. The Bertz CT molecular complexity index is 574. The second kappa shape index (κ2) is 4.38. The number of nitrogens with zero attached hydrogens (tertiary/aromatic N) is 2. The summed E-state index contributed by atoms with van der Waals surface area (Å²) in [6.07, 6.45) is -0.641. The minimum absolute atomic E-state index is 0.245. The predicted molar refractivity (Wildman–Crippen MR) is 67.1 cm³/mol. The van der Waals surface area contributed by atoms with E-state index >= 15 is 0 Å². The fraction of sp³-hybridized carbons (Fsp3) is 0.417. The molecule has 0 saturated heterocycles. The molecule has 0 spiro atoms. The third-order valence-corrected chi connectivity index (χ3v) is 3.06. The number of aliphatic hydroxyl groups excluding tert-OH is 1. The topological polar surface area (TPSA) is 90.9 Å². The predicted octanol–water partition coefficient (Wildman–Crippen LogP) is 0.847. The van der Waals surface area contributed by atoms with Crippen LogP contribution in [-0.4, -0.2) is 38.1 Å². The van der Waals surface area contributed by atoms with Gasteiger partial charge in [0.05, 0.1) is 11.6 Å². The fourth-order valence-electron chi connectivity index (χ4n) is 1.45. The molecule has 6 nitrogen and oxygen atoms in total. The highest BCUT2D eigenvalue weighted by atomic mass is 16.3. The van der Waals surface area contributed by atoms with Crippen molar-refractivity contribution < 1.29 is 9.90 Å². The lowest BCUT2D eigenvalue weighted by atomic mass is 9.98. The van der Waals surface area contributed by atoms with Crippen LogP contribution in [0, 0.1) is 0 Å². The Morgan fingerprint density at radius 3 is 2.72 bits per heavy atom. The standard InChI is InChI=1S/C12H16N4O2/c1-7(17)12(2,3)13-11(18)8-4-5-9-10(6-8)15-16-14-9/h4-7,17H,1-3H3,(H,13,18)(H,14,15,16). The molecule has 2 aromatic rings. The van der Waals surface area contributed by atoms with Crippen LogP contribution in [-0.2, 0) is 0 Å². The Balaban J connectivity index is 2.23. The number of aromatic nitrogens is 3. The molecule has 0 bridgehead atoms. The molecule has 0 aliphatic carbocycles. The van der Waals surface area contributed by atoms with E-state index in [-0.39, 0.29) is 5.91 Å². The molecule has 0 aliphatic heterocycles. The molecular formula is C12H16N4O2. The molecule has 1 amide bonds. The number of rotatable bonds is 3. The molecular weight excluding hydrogens is 232 g/mol. The minimum Gasteiger partial charge on any atom is -0.391 e. The molecule has 0 aliphatic rings. The van der Waals surface area contributed by atoms with Crippen molar-refractivity contribution in [1.29, 1.82) is 0 Å². The summed E-state index contributed by atoms with van der Waals surface area (Å²) in [4.78, 5) is 12.0. The van der Waals surface area contributed by atoms with Crippen LogP contribution in [0.2, 0.25) is 0 Å². The Hall–Kier alpha value is -1.95. The van der Waals surface area contributed by atoms with Crippen molar-refractivity contribution in [3.8, 4) is 0 Å². The summed E-state index contributed by atoms with van der Waals surface area (Å²) in [5, 5.41) is 22.7. The zero-order valence-electron chi connectivity index (χ0n) is 10.6. The first kappa shape index (κ1) is 12.5. The molecule has 1 aromatic carbocycles. The van der Waals surface area contributed by atoms with E-state index < -0.39 is 11.6 Å². The summed E-state index contributed by atoms with van der Waals surface area (Å²) in [7, 11) is 0. The second-order valence-corrected chi connectivity index (χ2v) is 4.88. The summed E-state index contributed by atoms with van der Waals surface area (Å²) in [5.41, 5.74) is 1.15. The number of H-pyrrole nitrogens is 1. The van der Waals surface area contributed by atoms with Gasteiger partial charge in [-0.2, -0.15) is 15.4 Å². The first-order chi connectivity index (χ1) is 8.40. The Morgan fingerprint density at radius 2 is 2.06 bits per heavy atom. The number of carbonyl (C=O) groups excluding carboxylic acids is 1. The smallest absolute Gasteiger partial charge is 0.251 e. The van der Waals surface area contributed by atoms with Gasteiger partial charge < -0.3 is 10.4 Å². The van der Waals surface area contributed by atoms with E-state index in [2.05, 4.69) is 20.7 Å². The van der Waals surface area contributed by atoms with Crippen molar-refractivity contribution in [3.05, 3.63) is 23.8 Å². The molecule has 18 heavy (non-hydrogen) atoms. The maximum absolute atomic E-state index is 12.0. The highest BCUT2D eigenvalue weighted by Crippen LogP contribution is 2.13. The highest BCUT2D eigenvalue weighted by Gasteiger charge is 2.26. The molecule has 1 atom stereocenters. The number of aliphatic hydroxyl groups is 1. The lowest BCUT2D eigenvalue weighted by Crippen LogP contribution is -2.50. The number of nitrogens with one attached hydrogen (secondary N) is 2. The van der Waals surface area contributed by atoms with Crippen LogP contribution in [0.3, 0.4) is 0 Å². The van der Waals surface area contributed by atoms with Gasteiger partial charge in [0.1, 0.15) is 11.0 Å².